The third kappa shape index (κ3) is 7.63. The van der Waals surface area contributed by atoms with Crippen molar-refractivity contribution in [2.24, 2.45) is 0 Å². The van der Waals surface area contributed by atoms with E-state index in [-0.39, 0.29) is 23.4 Å². The molecule has 0 saturated heterocycles. The standard InChI is InChI=1S/C31H36IN3O4S/c1-2-29(31(37)33-26-14-8-4-9-15-26)34(22-24-12-6-3-7-13-24)30(36)23-35(27-20-18-25(32)19-21-27)40(38,39)28-16-10-5-11-17-28/h3,5-7,10-13,16-21,26,29H,2,4,8-9,14-15,22-23H2,1H3,(H,33,37)/t29-/m0/s1. The van der Waals surface area contributed by atoms with Gasteiger partial charge in [0, 0.05) is 16.2 Å². The first-order chi connectivity index (χ1) is 19.3. The van der Waals surface area contributed by atoms with Gasteiger partial charge < -0.3 is 10.2 Å². The van der Waals surface area contributed by atoms with Crippen molar-refractivity contribution in [3.05, 3.63) is 94.1 Å². The lowest BCUT2D eigenvalue weighted by atomic mass is 9.95. The smallest absolute Gasteiger partial charge is 0.264 e. The van der Waals surface area contributed by atoms with Crippen molar-refractivity contribution in [2.45, 2.75) is 69.0 Å². The number of anilines is 1. The topological polar surface area (TPSA) is 86.8 Å². The van der Waals surface area contributed by atoms with E-state index < -0.39 is 28.5 Å². The van der Waals surface area contributed by atoms with E-state index >= 15 is 0 Å². The van der Waals surface area contributed by atoms with Gasteiger partial charge >= 0.3 is 0 Å². The zero-order valence-corrected chi connectivity index (χ0v) is 25.7. The van der Waals surface area contributed by atoms with E-state index in [9.17, 15) is 18.0 Å². The monoisotopic (exact) mass is 673 g/mol. The molecule has 1 atom stereocenters. The van der Waals surface area contributed by atoms with Crippen LogP contribution in [0, 0.1) is 3.57 Å². The number of amides is 2. The van der Waals surface area contributed by atoms with Crippen molar-refractivity contribution in [3.8, 4) is 0 Å². The lowest BCUT2D eigenvalue weighted by molar-refractivity contribution is -0.140. The van der Waals surface area contributed by atoms with E-state index in [1.54, 1.807) is 30.3 Å². The van der Waals surface area contributed by atoms with Crippen LogP contribution < -0.4 is 9.62 Å². The molecule has 212 valence electrons. The van der Waals surface area contributed by atoms with Crippen molar-refractivity contribution in [1.82, 2.24) is 10.2 Å². The Kier molecular flexibility index (Phi) is 10.6. The Morgan fingerprint density at radius 2 is 1.50 bits per heavy atom. The SMILES string of the molecule is CC[C@@H](C(=O)NC1CCCCC1)N(Cc1ccccc1)C(=O)CN(c1ccc(I)cc1)S(=O)(=O)c1ccccc1. The number of hydrogen-bond donors (Lipinski definition) is 1. The van der Waals surface area contributed by atoms with E-state index in [2.05, 4.69) is 27.9 Å². The Hall–Kier alpha value is -2.92. The lowest BCUT2D eigenvalue weighted by Crippen LogP contribution is -2.54. The van der Waals surface area contributed by atoms with E-state index in [0.717, 1.165) is 39.1 Å². The number of nitrogens with zero attached hydrogens (tertiary/aromatic N) is 2. The largest absolute Gasteiger partial charge is 0.352 e. The molecule has 0 spiro atoms. The van der Waals surface area contributed by atoms with Gasteiger partial charge in [0.15, 0.2) is 0 Å². The predicted molar refractivity (Wildman–Crippen MR) is 166 cm³/mol. The molecule has 40 heavy (non-hydrogen) atoms. The number of rotatable bonds is 11. The zero-order valence-electron chi connectivity index (χ0n) is 22.7. The number of hydrogen-bond acceptors (Lipinski definition) is 4. The average Bonchev–Trinajstić information content (AvgIpc) is 2.97. The zero-order chi connectivity index (χ0) is 28.5. The van der Waals surface area contributed by atoms with Crippen molar-refractivity contribution in [2.75, 3.05) is 10.8 Å². The van der Waals surface area contributed by atoms with Crippen LogP contribution in [0.1, 0.15) is 51.0 Å². The van der Waals surface area contributed by atoms with Gasteiger partial charge in [0.25, 0.3) is 10.0 Å². The summed E-state index contributed by atoms with van der Waals surface area (Å²) in [6.45, 7) is 1.65. The molecule has 1 aliphatic rings. The fourth-order valence-corrected chi connectivity index (χ4v) is 6.89. The van der Waals surface area contributed by atoms with Crippen LogP contribution in [0.25, 0.3) is 0 Å². The van der Waals surface area contributed by atoms with Crippen molar-refractivity contribution >= 4 is 50.1 Å². The summed E-state index contributed by atoms with van der Waals surface area (Å²) >= 11 is 2.16. The quantitative estimate of drug-likeness (QED) is 0.263. The van der Waals surface area contributed by atoms with Crippen LogP contribution >= 0.6 is 22.6 Å². The van der Waals surface area contributed by atoms with Gasteiger partial charge in [-0.25, -0.2) is 8.42 Å². The average molecular weight is 674 g/mol. The highest BCUT2D eigenvalue weighted by atomic mass is 127. The number of sulfonamides is 1. The maximum absolute atomic E-state index is 14.1. The Morgan fingerprint density at radius 3 is 2.10 bits per heavy atom. The highest BCUT2D eigenvalue weighted by molar-refractivity contribution is 14.1. The lowest BCUT2D eigenvalue weighted by Gasteiger charge is -2.34. The van der Waals surface area contributed by atoms with Crippen LogP contribution in [-0.2, 0) is 26.2 Å². The number of nitrogens with one attached hydrogen (secondary N) is 1. The molecule has 7 nitrogen and oxygen atoms in total. The van der Waals surface area contributed by atoms with Crippen LogP contribution in [0.5, 0.6) is 0 Å². The van der Waals surface area contributed by atoms with E-state index in [4.69, 9.17) is 0 Å². The number of benzene rings is 3. The normalized spacial score (nSPS) is 14.8. The molecule has 2 amide bonds. The summed E-state index contributed by atoms with van der Waals surface area (Å²) in [5, 5.41) is 3.17. The molecule has 0 radical (unpaired) electrons. The van der Waals surface area contributed by atoms with Gasteiger partial charge in [-0.1, -0.05) is 74.7 Å². The Labute approximate surface area is 251 Å². The second-order valence-electron chi connectivity index (χ2n) is 10.1. The van der Waals surface area contributed by atoms with Crippen LogP contribution in [-0.4, -0.2) is 43.8 Å². The number of halogens is 1. The van der Waals surface area contributed by atoms with Gasteiger partial charge in [-0.15, -0.1) is 0 Å². The third-order valence-electron chi connectivity index (χ3n) is 7.26. The summed E-state index contributed by atoms with van der Waals surface area (Å²) in [7, 11) is -4.06. The molecule has 1 saturated carbocycles. The van der Waals surface area contributed by atoms with Crippen LogP contribution in [0.4, 0.5) is 5.69 Å². The molecule has 0 aromatic heterocycles. The highest BCUT2D eigenvalue weighted by Crippen LogP contribution is 2.26. The summed E-state index contributed by atoms with van der Waals surface area (Å²) in [4.78, 5) is 29.3. The maximum Gasteiger partial charge on any atom is 0.264 e. The first-order valence-corrected chi connectivity index (χ1v) is 16.3. The van der Waals surface area contributed by atoms with Crippen molar-refractivity contribution in [1.29, 1.82) is 0 Å². The molecule has 3 aromatic carbocycles. The van der Waals surface area contributed by atoms with Crippen LogP contribution in [0.15, 0.2) is 89.8 Å². The first kappa shape index (κ1) is 30.0. The molecule has 4 rings (SSSR count). The molecular formula is C31H36IN3O4S. The van der Waals surface area contributed by atoms with Crippen LogP contribution in [0.3, 0.4) is 0 Å². The van der Waals surface area contributed by atoms with Gasteiger partial charge in [-0.2, -0.15) is 0 Å². The fraction of sp³-hybridized carbons (Fsp3) is 0.355. The molecule has 9 heteroatoms. The minimum Gasteiger partial charge on any atom is -0.352 e. The summed E-state index contributed by atoms with van der Waals surface area (Å²) < 4.78 is 29.8. The summed E-state index contributed by atoms with van der Waals surface area (Å²) in [5.74, 6) is -0.627. The summed E-state index contributed by atoms with van der Waals surface area (Å²) in [6.07, 6.45) is 5.61. The molecular weight excluding hydrogens is 637 g/mol. The molecule has 3 aromatic rings. The Bertz CT molecular complexity index is 1360. The first-order valence-electron chi connectivity index (χ1n) is 13.8. The summed E-state index contributed by atoms with van der Waals surface area (Å²) in [5.41, 5.74) is 1.25. The number of carbonyl (C=O) groups is 2. The minimum absolute atomic E-state index is 0.0954. The Balaban J connectivity index is 1.67. The molecule has 1 aliphatic carbocycles. The fourth-order valence-electron chi connectivity index (χ4n) is 5.10. The van der Waals surface area contributed by atoms with Crippen molar-refractivity contribution in [3.63, 3.8) is 0 Å². The van der Waals surface area contributed by atoms with Gasteiger partial charge in [-0.05, 0) is 83.8 Å². The Morgan fingerprint density at radius 1 is 0.900 bits per heavy atom. The van der Waals surface area contributed by atoms with E-state index in [1.807, 2.05) is 49.4 Å². The molecule has 0 bridgehead atoms. The van der Waals surface area contributed by atoms with Gasteiger partial charge in [-0.3, -0.25) is 13.9 Å². The second kappa shape index (κ2) is 14.1. The summed E-state index contributed by atoms with van der Waals surface area (Å²) in [6, 6.07) is 24.0. The molecule has 1 fully saturated rings. The predicted octanol–water partition coefficient (Wildman–Crippen LogP) is 5.74. The second-order valence-corrected chi connectivity index (χ2v) is 13.2. The highest BCUT2D eigenvalue weighted by Gasteiger charge is 2.34. The molecule has 1 N–H and O–H groups in total. The van der Waals surface area contributed by atoms with E-state index in [0.29, 0.717) is 12.1 Å². The van der Waals surface area contributed by atoms with Gasteiger partial charge in [0.1, 0.15) is 12.6 Å². The number of carbonyl (C=O) groups excluding carboxylic acids is 2. The maximum atomic E-state index is 14.1. The third-order valence-corrected chi connectivity index (χ3v) is 9.77. The van der Waals surface area contributed by atoms with Crippen molar-refractivity contribution < 1.29 is 18.0 Å². The van der Waals surface area contributed by atoms with Gasteiger partial charge in [0.2, 0.25) is 11.8 Å². The van der Waals surface area contributed by atoms with E-state index in [1.165, 1.54) is 23.5 Å². The van der Waals surface area contributed by atoms with Crippen LogP contribution in [0.2, 0.25) is 0 Å². The molecule has 0 aliphatic heterocycles. The molecule has 0 heterocycles. The molecule has 0 unspecified atom stereocenters. The van der Waals surface area contributed by atoms with Gasteiger partial charge in [0.05, 0.1) is 10.6 Å². The minimum atomic E-state index is -4.06.